The molecule has 1 aliphatic heterocycles. The van der Waals surface area contributed by atoms with Crippen LogP contribution in [-0.2, 0) is 0 Å². The minimum absolute atomic E-state index is 0.343. The van der Waals surface area contributed by atoms with E-state index < -0.39 is 0 Å². The predicted octanol–water partition coefficient (Wildman–Crippen LogP) is 3.02. The summed E-state index contributed by atoms with van der Waals surface area (Å²) < 4.78 is 21.7. The Bertz CT molecular complexity index is 863. The third kappa shape index (κ3) is 4.31. The Labute approximate surface area is 157 Å². The largest absolute Gasteiger partial charge is 0.493 e. The van der Waals surface area contributed by atoms with Crippen molar-refractivity contribution in [2.45, 2.75) is 13.3 Å². The highest BCUT2D eigenvalue weighted by molar-refractivity contribution is 6.01. The normalized spacial score (nSPS) is 13.5. The quantitative estimate of drug-likeness (QED) is 0.647. The van der Waals surface area contributed by atoms with Gasteiger partial charge in [-0.1, -0.05) is 0 Å². The van der Waals surface area contributed by atoms with Crippen LogP contribution in [0.1, 0.15) is 29.3 Å². The summed E-state index contributed by atoms with van der Waals surface area (Å²) in [5.41, 5.74) is 4.47. The number of rotatable bonds is 5. The zero-order valence-electron chi connectivity index (χ0n) is 15.6. The lowest BCUT2D eigenvalue weighted by Crippen LogP contribution is -2.19. The zero-order chi connectivity index (χ0) is 19.2. The number of nitrogens with zero attached hydrogens (tertiary/aromatic N) is 1. The molecular weight excluding hydrogens is 348 g/mol. The van der Waals surface area contributed by atoms with Crippen molar-refractivity contribution in [2.24, 2.45) is 5.10 Å². The fourth-order valence-corrected chi connectivity index (χ4v) is 2.63. The smallest absolute Gasteiger partial charge is 0.271 e. The van der Waals surface area contributed by atoms with E-state index in [1.165, 1.54) is 7.11 Å². The Kier molecular flexibility index (Phi) is 5.80. The molecule has 7 heteroatoms. The van der Waals surface area contributed by atoms with E-state index in [2.05, 4.69) is 10.5 Å². The van der Waals surface area contributed by atoms with E-state index >= 15 is 0 Å². The summed E-state index contributed by atoms with van der Waals surface area (Å²) >= 11 is 0. The van der Waals surface area contributed by atoms with Gasteiger partial charge in [0.25, 0.3) is 5.91 Å². The zero-order valence-corrected chi connectivity index (χ0v) is 15.6. The highest BCUT2D eigenvalue weighted by atomic mass is 16.5. The summed E-state index contributed by atoms with van der Waals surface area (Å²) in [6, 6.07) is 10.5. The van der Waals surface area contributed by atoms with Gasteiger partial charge in [0, 0.05) is 17.5 Å². The van der Waals surface area contributed by atoms with Crippen molar-refractivity contribution in [2.75, 3.05) is 27.4 Å². The summed E-state index contributed by atoms with van der Waals surface area (Å²) in [6.07, 6.45) is 0.846. The number of carbonyl (C=O) groups is 1. The maximum absolute atomic E-state index is 12.4. The first-order chi connectivity index (χ1) is 13.1. The van der Waals surface area contributed by atoms with Crippen LogP contribution < -0.4 is 24.4 Å². The second-order valence-electron chi connectivity index (χ2n) is 5.92. The minimum atomic E-state index is -0.343. The molecule has 0 spiro atoms. The Morgan fingerprint density at radius 3 is 2.41 bits per heavy atom. The van der Waals surface area contributed by atoms with Gasteiger partial charge in [-0.25, -0.2) is 5.43 Å². The Morgan fingerprint density at radius 2 is 1.67 bits per heavy atom. The molecule has 0 bridgehead atoms. The minimum Gasteiger partial charge on any atom is -0.493 e. The number of hydrogen-bond donors (Lipinski definition) is 1. The predicted molar refractivity (Wildman–Crippen MR) is 101 cm³/mol. The Morgan fingerprint density at radius 1 is 0.963 bits per heavy atom. The monoisotopic (exact) mass is 370 g/mol. The van der Waals surface area contributed by atoms with E-state index in [0.717, 1.165) is 17.7 Å². The molecule has 0 radical (unpaired) electrons. The third-order valence-corrected chi connectivity index (χ3v) is 4.14. The average molecular weight is 370 g/mol. The lowest BCUT2D eigenvalue weighted by molar-refractivity contribution is 0.0954. The first-order valence-electron chi connectivity index (χ1n) is 8.59. The molecule has 1 amide bonds. The van der Waals surface area contributed by atoms with Crippen LogP contribution in [0.5, 0.6) is 23.0 Å². The number of amides is 1. The molecule has 1 aliphatic rings. The van der Waals surface area contributed by atoms with Crippen LogP contribution in [0.3, 0.4) is 0 Å². The standard InChI is InChI=1S/C20H22N2O5/c1-13(14-5-8-17-19(11-14)27-10-4-9-26-17)21-22-20(23)15-6-7-16(24-2)18(12-15)25-3/h5-8,11-12H,4,9-10H2,1-3H3,(H,22,23)/b21-13-. The van der Waals surface area contributed by atoms with E-state index in [9.17, 15) is 4.79 Å². The summed E-state index contributed by atoms with van der Waals surface area (Å²) in [4.78, 5) is 12.4. The highest BCUT2D eigenvalue weighted by Gasteiger charge is 2.13. The van der Waals surface area contributed by atoms with Gasteiger partial charge in [-0.05, 0) is 43.3 Å². The molecule has 0 aliphatic carbocycles. The van der Waals surface area contributed by atoms with E-state index in [1.807, 2.05) is 25.1 Å². The van der Waals surface area contributed by atoms with Gasteiger partial charge in [-0.15, -0.1) is 0 Å². The molecule has 0 fully saturated rings. The van der Waals surface area contributed by atoms with Crippen LogP contribution in [-0.4, -0.2) is 39.1 Å². The maximum atomic E-state index is 12.4. The third-order valence-electron chi connectivity index (χ3n) is 4.14. The molecule has 7 nitrogen and oxygen atoms in total. The summed E-state index contributed by atoms with van der Waals surface area (Å²) in [5.74, 6) is 2.10. The first kappa shape index (κ1) is 18.6. The van der Waals surface area contributed by atoms with Crippen LogP contribution >= 0.6 is 0 Å². The van der Waals surface area contributed by atoms with Gasteiger partial charge < -0.3 is 18.9 Å². The van der Waals surface area contributed by atoms with Crippen molar-refractivity contribution in [1.82, 2.24) is 5.43 Å². The van der Waals surface area contributed by atoms with Crippen LogP contribution in [0, 0.1) is 0 Å². The lowest BCUT2D eigenvalue weighted by atomic mass is 10.1. The van der Waals surface area contributed by atoms with E-state index in [0.29, 0.717) is 41.7 Å². The van der Waals surface area contributed by atoms with Gasteiger partial charge in [-0.3, -0.25) is 4.79 Å². The second kappa shape index (κ2) is 8.44. The van der Waals surface area contributed by atoms with Crippen molar-refractivity contribution >= 4 is 11.6 Å². The number of nitrogens with one attached hydrogen (secondary N) is 1. The number of fused-ring (bicyclic) bond motifs is 1. The number of carbonyl (C=O) groups excluding carboxylic acids is 1. The van der Waals surface area contributed by atoms with E-state index in [-0.39, 0.29) is 5.91 Å². The summed E-state index contributed by atoms with van der Waals surface area (Å²) in [6.45, 7) is 3.07. The molecule has 0 saturated heterocycles. The Balaban J connectivity index is 1.73. The molecule has 3 rings (SSSR count). The molecule has 0 aromatic heterocycles. The molecular formula is C20H22N2O5. The summed E-state index contributed by atoms with van der Waals surface area (Å²) in [7, 11) is 3.06. The number of methoxy groups -OCH3 is 2. The molecule has 0 saturated carbocycles. The molecule has 0 atom stereocenters. The van der Waals surface area contributed by atoms with Gasteiger partial charge in [-0.2, -0.15) is 5.10 Å². The van der Waals surface area contributed by atoms with Gasteiger partial charge in [0.1, 0.15) is 0 Å². The van der Waals surface area contributed by atoms with Gasteiger partial charge >= 0.3 is 0 Å². The molecule has 27 heavy (non-hydrogen) atoms. The van der Waals surface area contributed by atoms with Crippen molar-refractivity contribution in [3.63, 3.8) is 0 Å². The second-order valence-corrected chi connectivity index (χ2v) is 5.92. The maximum Gasteiger partial charge on any atom is 0.271 e. The fourth-order valence-electron chi connectivity index (χ4n) is 2.63. The highest BCUT2D eigenvalue weighted by Crippen LogP contribution is 2.30. The summed E-state index contributed by atoms with van der Waals surface area (Å²) in [5, 5.41) is 4.19. The number of hydrazone groups is 1. The number of ether oxygens (including phenoxy) is 4. The van der Waals surface area contributed by atoms with E-state index in [4.69, 9.17) is 18.9 Å². The van der Waals surface area contributed by atoms with Crippen LogP contribution in [0.2, 0.25) is 0 Å². The average Bonchev–Trinajstić information content (AvgIpc) is 2.95. The van der Waals surface area contributed by atoms with Crippen LogP contribution in [0.25, 0.3) is 0 Å². The molecule has 2 aromatic rings. The molecule has 1 N–H and O–H groups in total. The molecule has 1 heterocycles. The first-order valence-corrected chi connectivity index (χ1v) is 8.59. The Hall–Kier alpha value is -3.22. The van der Waals surface area contributed by atoms with Crippen LogP contribution in [0.4, 0.5) is 0 Å². The lowest BCUT2D eigenvalue weighted by Gasteiger charge is -2.10. The number of hydrogen-bond acceptors (Lipinski definition) is 6. The molecule has 2 aromatic carbocycles. The van der Waals surface area contributed by atoms with E-state index in [1.54, 1.807) is 25.3 Å². The van der Waals surface area contributed by atoms with Crippen molar-refractivity contribution < 1.29 is 23.7 Å². The number of benzene rings is 2. The molecule has 142 valence electrons. The SMILES string of the molecule is COc1ccc(C(=O)N/N=C(/C)c2ccc3c(c2)OCCCO3)cc1OC. The van der Waals surface area contributed by atoms with Gasteiger partial charge in [0.2, 0.25) is 0 Å². The van der Waals surface area contributed by atoms with Gasteiger partial charge in [0.05, 0.1) is 33.1 Å². The fraction of sp³-hybridized carbons (Fsp3) is 0.300. The van der Waals surface area contributed by atoms with Gasteiger partial charge in [0.15, 0.2) is 23.0 Å². The van der Waals surface area contributed by atoms with Crippen molar-refractivity contribution in [1.29, 1.82) is 0 Å². The van der Waals surface area contributed by atoms with Crippen LogP contribution in [0.15, 0.2) is 41.5 Å². The topological polar surface area (TPSA) is 78.4 Å². The van der Waals surface area contributed by atoms with Crippen molar-refractivity contribution in [3.8, 4) is 23.0 Å². The molecule has 0 unspecified atom stereocenters. The van der Waals surface area contributed by atoms with Crippen molar-refractivity contribution in [3.05, 3.63) is 47.5 Å².